The highest BCUT2D eigenvalue weighted by Gasteiger charge is 2.40. The maximum atomic E-state index is 12.4. The summed E-state index contributed by atoms with van der Waals surface area (Å²) in [6.45, 7) is 3.10. The molecule has 2 aliphatic heterocycles. The predicted octanol–water partition coefficient (Wildman–Crippen LogP) is 3.24. The number of benzene rings is 1. The maximum absolute atomic E-state index is 12.4. The number of aryl methyl sites for hydroxylation is 1. The van der Waals surface area contributed by atoms with Crippen LogP contribution < -0.4 is 10.2 Å². The Morgan fingerprint density at radius 2 is 1.91 bits per heavy atom. The van der Waals surface area contributed by atoms with E-state index in [1.165, 1.54) is 12.1 Å². The molecule has 0 radical (unpaired) electrons. The number of piperidine rings is 1. The molecule has 11 heteroatoms. The van der Waals surface area contributed by atoms with Crippen molar-refractivity contribution in [2.24, 2.45) is 4.99 Å². The molecule has 0 saturated carbocycles. The summed E-state index contributed by atoms with van der Waals surface area (Å²) < 4.78 is 47.2. The topological polar surface area (TPSA) is 75.4 Å². The van der Waals surface area contributed by atoms with Gasteiger partial charge in [0.2, 0.25) is 5.96 Å². The van der Waals surface area contributed by atoms with E-state index in [9.17, 15) is 13.2 Å². The van der Waals surface area contributed by atoms with Crippen LogP contribution in [0.3, 0.4) is 0 Å². The Bertz CT molecular complexity index is 937. The van der Waals surface area contributed by atoms with Gasteiger partial charge in [-0.1, -0.05) is 12.1 Å². The molecule has 32 heavy (non-hydrogen) atoms. The van der Waals surface area contributed by atoms with E-state index in [4.69, 9.17) is 19.0 Å². The zero-order valence-corrected chi connectivity index (χ0v) is 18.0. The van der Waals surface area contributed by atoms with Gasteiger partial charge in [0, 0.05) is 39.4 Å². The molecule has 1 N–H and O–H groups in total. The molecule has 0 bridgehead atoms. The van der Waals surface area contributed by atoms with Gasteiger partial charge < -0.3 is 19.0 Å². The fourth-order valence-corrected chi connectivity index (χ4v) is 3.66. The Morgan fingerprint density at radius 3 is 2.53 bits per heavy atom. The van der Waals surface area contributed by atoms with Gasteiger partial charge in [-0.3, -0.25) is 0 Å². The van der Waals surface area contributed by atoms with E-state index in [0.717, 1.165) is 37.2 Å². The number of ether oxygens (including phenoxy) is 1. The van der Waals surface area contributed by atoms with E-state index in [2.05, 4.69) is 22.4 Å². The minimum atomic E-state index is -4.37. The van der Waals surface area contributed by atoms with Crippen LogP contribution >= 0.6 is 0 Å². The highest BCUT2D eigenvalue weighted by molar-refractivity contribution is 5.80. The second kappa shape index (κ2) is 8.99. The van der Waals surface area contributed by atoms with Crippen molar-refractivity contribution in [1.82, 2.24) is 20.3 Å². The number of alkyl halides is 3. The van der Waals surface area contributed by atoms with Crippen LogP contribution in [0.25, 0.3) is 0 Å². The van der Waals surface area contributed by atoms with Gasteiger partial charge in [-0.25, -0.2) is 20.3 Å². The maximum Gasteiger partial charge on any atom is 0.422 e. The van der Waals surface area contributed by atoms with E-state index in [1.807, 2.05) is 4.90 Å². The molecule has 2 aliphatic rings. The minimum Gasteiger partial charge on any atom is -0.484 e. The van der Waals surface area contributed by atoms with Gasteiger partial charge in [0.15, 0.2) is 18.2 Å². The van der Waals surface area contributed by atoms with Gasteiger partial charge in [-0.05, 0) is 24.7 Å². The van der Waals surface area contributed by atoms with Crippen molar-refractivity contribution in [1.29, 1.82) is 0 Å². The molecule has 1 spiro atoms. The zero-order valence-electron chi connectivity index (χ0n) is 18.0. The third-order valence-electron chi connectivity index (χ3n) is 5.43. The number of aromatic nitrogens is 1. The Balaban J connectivity index is 1.49. The molecule has 1 saturated heterocycles. The summed E-state index contributed by atoms with van der Waals surface area (Å²) >= 11 is 0. The fourth-order valence-electron chi connectivity index (χ4n) is 3.66. The van der Waals surface area contributed by atoms with Gasteiger partial charge in [0.05, 0.1) is 12.2 Å². The smallest absolute Gasteiger partial charge is 0.422 e. The summed E-state index contributed by atoms with van der Waals surface area (Å²) in [6.07, 6.45) is -1.22. The lowest BCUT2D eigenvalue weighted by Gasteiger charge is -2.33. The largest absolute Gasteiger partial charge is 0.484 e. The van der Waals surface area contributed by atoms with Crippen LogP contribution in [-0.4, -0.2) is 59.4 Å². The Hall–Kier alpha value is -2.79. The van der Waals surface area contributed by atoms with E-state index in [-0.39, 0.29) is 5.75 Å². The third kappa shape index (κ3) is 5.71. The van der Waals surface area contributed by atoms with Crippen LogP contribution in [0.4, 0.5) is 13.2 Å². The average Bonchev–Trinajstić information content (AvgIpc) is 3.35. The number of nitrogens with zero attached hydrogens (tertiary/aromatic N) is 4. The molecule has 3 heterocycles. The molecule has 2 aromatic rings. The summed E-state index contributed by atoms with van der Waals surface area (Å²) in [5.74, 6) is 1.32. The molecule has 1 fully saturated rings. The molecular weight excluding hydrogens is 427 g/mol. The van der Waals surface area contributed by atoms with Crippen molar-refractivity contribution in [2.75, 3.05) is 26.7 Å². The fraction of sp³-hybridized carbons (Fsp3) is 0.524. The number of oxazole rings is 1. The predicted molar refractivity (Wildman–Crippen MR) is 110 cm³/mol. The lowest BCUT2D eigenvalue weighted by molar-refractivity contribution is -0.153. The van der Waals surface area contributed by atoms with Crippen LogP contribution in [0.2, 0.25) is 0 Å². The van der Waals surface area contributed by atoms with Crippen molar-refractivity contribution >= 4 is 5.96 Å². The number of halogens is 3. The normalized spacial score (nSPS) is 18.5. The molecule has 1 aromatic heterocycles. The van der Waals surface area contributed by atoms with Crippen molar-refractivity contribution < 1.29 is 27.2 Å². The average molecular weight is 453 g/mol. The third-order valence-corrected chi connectivity index (χ3v) is 5.43. The quantitative estimate of drug-likeness (QED) is 0.720. The van der Waals surface area contributed by atoms with Crippen molar-refractivity contribution in [3.63, 3.8) is 0 Å². The Morgan fingerprint density at radius 1 is 1.19 bits per heavy atom. The SMILES string of the molecule is Cc1nc(CN(Cc2ccc(OCC(F)(F)F)cc2)C2=NC3(CCN(C)CC3)ON2)co1. The number of guanidine groups is 1. The number of rotatable bonds is 6. The molecule has 0 atom stereocenters. The van der Waals surface area contributed by atoms with Crippen molar-refractivity contribution in [3.05, 3.63) is 47.7 Å². The number of aliphatic imine (C=N–C) groups is 1. The molecule has 0 amide bonds. The summed E-state index contributed by atoms with van der Waals surface area (Å²) in [6, 6.07) is 6.51. The zero-order chi connectivity index (χ0) is 22.8. The molecule has 8 nitrogen and oxygen atoms in total. The summed E-state index contributed by atoms with van der Waals surface area (Å²) in [7, 11) is 2.07. The van der Waals surface area contributed by atoms with E-state index in [0.29, 0.717) is 24.9 Å². The molecule has 4 rings (SSSR count). The first-order valence-electron chi connectivity index (χ1n) is 10.4. The Kier molecular flexibility index (Phi) is 6.29. The van der Waals surface area contributed by atoms with Gasteiger partial charge in [0.1, 0.15) is 12.0 Å². The first-order chi connectivity index (χ1) is 15.2. The lowest BCUT2D eigenvalue weighted by atomic mass is 10.0. The van der Waals surface area contributed by atoms with Gasteiger partial charge in [-0.15, -0.1) is 0 Å². The van der Waals surface area contributed by atoms with Crippen molar-refractivity contribution in [2.45, 2.75) is 44.8 Å². The lowest BCUT2D eigenvalue weighted by Crippen LogP contribution is -2.43. The number of hydroxylamine groups is 1. The standard InChI is InChI=1S/C21H26F3N5O3/c1-15-25-17(13-30-15)12-29(19-26-20(32-27-19)7-9-28(2)10-8-20)11-16-3-5-18(6-4-16)31-14-21(22,23)24/h3-6,13H,7-12,14H2,1-2H3,(H,26,27). The summed E-state index contributed by atoms with van der Waals surface area (Å²) in [5, 5.41) is 0. The van der Waals surface area contributed by atoms with Crippen LogP contribution in [0.1, 0.15) is 30.0 Å². The van der Waals surface area contributed by atoms with Crippen LogP contribution in [0.15, 0.2) is 39.9 Å². The van der Waals surface area contributed by atoms with E-state index < -0.39 is 18.5 Å². The molecule has 174 valence electrons. The van der Waals surface area contributed by atoms with Crippen LogP contribution in [-0.2, 0) is 17.9 Å². The number of hydrogen-bond donors (Lipinski definition) is 1. The molecule has 1 aromatic carbocycles. The minimum absolute atomic E-state index is 0.162. The first kappa shape index (κ1) is 22.4. The van der Waals surface area contributed by atoms with Gasteiger partial charge in [0.25, 0.3) is 0 Å². The van der Waals surface area contributed by atoms with Crippen molar-refractivity contribution in [3.8, 4) is 5.75 Å². The number of hydrogen-bond acceptors (Lipinski definition) is 8. The second-order valence-corrected chi connectivity index (χ2v) is 8.15. The Labute approximate surface area is 184 Å². The summed E-state index contributed by atoms with van der Waals surface area (Å²) in [5.41, 5.74) is 4.00. The number of nitrogens with one attached hydrogen (secondary N) is 1. The van der Waals surface area contributed by atoms with E-state index in [1.54, 1.807) is 25.3 Å². The van der Waals surface area contributed by atoms with E-state index >= 15 is 0 Å². The number of likely N-dealkylation sites (tertiary alicyclic amines) is 1. The van der Waals surface area contributed by atoms with Crippen LogP contribution in [0, 0.1) is 6.92 Å². The van der Waals surface area contributed by atoms with Crippen LogP contribution in [0.5, 0.6) is 5.75 Å². The monoisotopic (exact) mass is 453 g/mol. The highest BCUT2D eigenvalue weighted by atomic mass is 19.4. The highest BCUT2D eigenvalue weighted by Crippen LogP contribution is 2.30. The second-order valence-electron chi connectivity index (χ2n) is 8.15. The first-order valence-corrected chi connectivity index (χ1v) is 10.4. The summed E-state index contributed by atoms with van der Waals surface area (Å²) in [4.78, 5) is 19.3. The van der Waals surface area contributed by atoms with Gasteiger partial charge in [-0.2, -0.15) is 13.2 Å². The van der Waals surface area contributed by atoms with Gasteiger partial charge >= 0.3 is 6.18 Å². The molecular formula is C21H26F3N5O3. The molecule has 0 unspecified atom stereocenters. The molecule has 0 aliphatic carbocycles.